The molecule has 2 aromatic rings. The minimum atomic E-state index is -0.140. The summed E-state index contributed by atoms with van der Waals surface area (Å²) in [6.45, 7) is 8.15. The summed E-state index contributed by atoms with van der Waals surface area (Å²) in [5.74, 6) is -0.132. The summed E-state index contributed by atoms with van der Waals surface area (Å²) in [7, 11) is 1.79. The van der Waals surface area contributed by atoms with Crippen LogP contribution in [0.5, 0.6) is 0 Å². The van der Waals surface area contributed by atoms with Crippen LogP contribution in [0.25, 0.3) is 0 Å². The number of anilines is 2. The van der Waals surface area contributed by atoms with Gasteiger partial charge in [0.25, 0.3) is 0 Å². The van der Waals surface area contributed by atoms with Crippen LogP contribution in [-0.4, -0.2) is 74.1 Å². The summed E-state index contributed by atoms with van der Waals surface area (Å²) < 4.78 is 5.39. The Kier molecular flexibility index (Phi) is 8.64. The van der Waals surface area contributed by atoms with E-state index in [1.54, 1.807) is 11.9 Å². The zero-order valence-electron chi connectivity index (χ0n) is 19.3. The molecule has 1 heterocycles. The van der Waals surface area contributed by atoms with Crippen LogP contribution in [0, 0.1) is 0 Å². The van der Waals surface area contributed by atoms with E-state index in [-0.39, 0.29) is 30.9 Å². The maximum Gasteiger partial charge on any atom is 0.238 e. The molecule has 0 spiro atoms. The summed E-state index contributed by atoms with van der Waals surface area (Å²) in [6.07, 6.45) is 0. The highest BCUT2D eigenvalue weighted by Gasteiger charge is 2.20. The molecule has 1 N–H and O–H groups in total. The summed E-state index contributed by atoms with van der Waals surface area (Å²) in [5.41, 5.74) is 2.97. The van der Waals surface area contributed by atoms with Gasteiger partial charge in [0.05, 0.1) is 26.3 Å². The number of carbonyl (C=O) groups excluding carboxylic acids is 2. The van der Waals surface area contributed by atoms with E-state index in [2.05, 4.69) is 10.2 Å². The fourth-order valence-electron chi connectivity index (χ4n) is 3.74. The van der Waals surface area contributed by atoms with Gasteiger partial charge < -0.3 is 19.9 Å². The average Bonchev–Trinajstić information content (AvgIpc) is 2.78. The largest absolute Gasteiger partial charge is 0.378 e. The van der Waals surface area contributed by atoms with Crippen molar-refractivity contribution in [1.29, 1.82) is 0 Å². The van der Waals surface area contributed by atoms with Crippen LogP contribution >= 0.6 is 0 Å². The Balaban J connectivity index is 1.48. The van der Waals surface area contributed by atoms with E-state index in [1.165, 1.54) is 0 Å². The van der Waals surface area contributed by atoms with Gasteiger partial charge in [-0.3, -0.25) is 14.5 Å². The lowest BCUT2D eigenvalue weighted by Gasteiger charge is -2.29. The second kappa shape index (κ2) is 11.6. The molecule has 0 aliphatic carbocycles. The molecule has 0 bridgehead atoms. The van der Waals surface area contributed by atoms with E-state index >= 15 is 0 Å². The summed E-state index contributed by atoms with van der Waals surface area (Å²) in [6, 6.07) is 17.9. The molecule has 1 aliphatic heterocycles. The zero-order valence-corrected chi connectivity index (χ0v) is 19.3. The molecule has 32 heavy (non-hydrogen) atoms. The van der Waals surface area contributed by atoms with Gasteiger partial charge in [0.15, 0.2) is 0 Å². The number of benzene rings is 2. The van der Waals surface area contributed by atoms with Gasteiger partial charge >= 0.3 is 0 Å². The number of nitrogens with one attached hydrogen (secondary N) is 1. The molecule has 2 amide bonds. The molecule has 0 saturated carbocycles. The molecular formula is C25H34N4O3. The molecule has 2 aromatic carbocycles. The van der Waals surface area contributed by atoms with Crippen LogP contribution in [0.4, 0.5) is 11.4 Å². The molecule has 1 saturated heterocycles. The third-order valence-electron chi connectivity index (χ3n) is 5.49. The average molecular weight is 439 g/mol. The van der Waals surface area contributed by atoms with Crippen molar-refractivity contribution in [3.63, 3.8) is 0 Å². The number of morpholine rings is 1. The first-order valence-corrected chi connectivity index (χ1v) is 11.2. The molecule has 172 valence electrons. The van der Waals surface area contributed by atoms with Crippen molar-refractivity contribution in [2.45, 2.75) is 26.4 Å². The Hall–Kier alpha value is -2.90. The zero-order chi connectivity index (χ0) is 22.9. The van der Waals surface area contributed by atoms with Crippen molar-refractivity contribution in [3.05, 3.63) is 60.2 Å². The number of hydrogen-bond acceptors (Lipinski definition) is 5. The highest BCUT2D eigenvalue weighted by Crippen LogP contribution is 2.19. The van der Waals surface area contributed by atoms with E-state index < -0.39 is 0 Å². The van der Waals surface area contributed by atoms with Gasteiger partial charge in [-0.1, -0.05) is 30.3 Å². The number of rotatable bonds is 9. The predicted octanol–water partition coefficient (Wildman–Crippen LogP) is 2.83. The van der Waals surface area contributed by atoms with Crippen molar-refractivity contribution in [1.82, 2.24) is 9.80 Å². The topological polar surface area (TPSA) is 65.1 Å². The fourth-order valence-corrected chi connectivity index (χ4v) is 3.74. The van der Waals surface area contributed by atoms with Crippen molar-refractivity contribution in [2.24, 2.45) is 0 Å². The van der Waals surface area contributed by atoms with Crippen molar-refractivity contribution in [3.8, 4) is 0 Å². The van der Waals surface area contributed by atoms with Gasteiger partial charge in [0.1, 0.15) is 0 Å². The van der Waals surface area contributed by atoms with E-state index in [1.807, 2.05) is 73.3 Å². The first-order valence-electron chi connectivity index (χ1n) is 11.2. The monoisotopic (exact) mass is 438 g/mol. The minimum Gasteiger partial charge on any atom is -0.378 e. The van der Waals surface area contributed by atoms with Crippen molar-refractivity contribution >= 4 is 23.2 Å². The Morgan fingerprint density at radius 2 is 1.66 bits per heavy atom. The fraction of sp³-hybridized carbons (Fsp3) is 0.440. The third kappa shape index (κ3) is 7.07. The number of carbonyl (C=O) groups is 2. The van der Waals surface area contributed by atoms with Crippen LogP contribution < -0.4 is 10.2 Å². The van der Waals surface area contributed by atoms with E-state index in [0.717, 1.165) is 43.2 Å². The molecule has 3 rings (SSSR count). The second-order valence-corrected chi connectivity index (χ2v) is 8.47. The summed E-state index contributed by atoms with van der Waals surface area (Å²) >= 11 is 0. The molecule has 0 unspecified atom stereocenters. The van der Waals surface area contributed by atoms with Crippen molar-refractivity contribution < 1.29 is 14.3 Å². The standard InChI is InChI=1S/C25H34N4O3/c1-20(2)29(17-21-7-5-4-6-8-21)25(31)19-27(3)18-24(30)26-22-9-11-23(12-10-22)28-13-15-32-16-14-28/h4-12,20H,13-19H2,1-3H3,(H,26,30). The van der Waals surface area contributed by atoms with Gasteiger partial charge in [0, 0.05) is 37.1 Å². The van der Waals surface area contributed by atoms with Crippen LogP contribution in [-0.2, 0) is 20.9 Å². The second-order valence-electron chi connectivity index (χ2n) is 8.47. The molecule has 7 heteroatoms. The quantitative estimate of drug-likeness (QED) is 0.652. The molecule has 7 nitrogen and oxygen atoms in total. The number of ether oxygens (including phenoxy) is 1. The lowest BCUT2D eigenvalue weighted by atomic mass is 10.2. The maximum absolute atomic E-state index is 12.9. The molecule has 1 aliphatic rings. The Bertz CT molecular complexity index is 865. The smallest absolute Gasteiger partial charge is 0.238 e. The lowest BCUT2D eigenvalue weighted by Crippen LogP contribution is -2.44. The number of hydrogen-bond donors (Lipinski definition) is 1. The Morgan fingerprint density at radius 1 is 1.00 bits per heavy atom. The molecule has 0 atom stereocenters. The van der Waals surface area contributed by atoms with Gasteiger partial charge in [0.2, 0.25) is 11.8 Å². The number of nitrogens with zero attached hydrogens (tertiary/aromatic N) is 3. The normalized spacial score (nSPS) is 14.0. The summed E-state index contributed by atoms with van der Waals surface area (Å²) in [4.78, 5) is 31.2. The third-order valence-corrected chi connectivity index (χ3v) is 5.49. The van der Waals surface area contributed by atoms with Gasteiger partial charge in [-0.15, -0.1) is 0 Å². The molecule has 0 aromatic heterocycles. The number of likely N-dealkylation sites (N-methyl/N-ethyl adjacent to an activating group) is 1. The molecular weight excluding hydrogens is 404 g/mol. The Morgan fingerprint density at radius 3 is 2.28 bits per heavy atom. The van der Waals surface area contributed by atoms with E-state index in [9.17, 15) is 9.59 Å². The van der Waals surface area contributed by atoms with E-state index in [4.69, 9.17) is 4.74 Å². The highest BCUT2D eigenvalue weighted by molar-refractivity contribution is 5.92. The van der Waals surface area contributed by atoms with Gasteiger partial charge in [-0.2, -0.15) is 0 Å². The highest BCUT2D eigenvalue weighted by atomic mass is 16.5. The van der Waals surface area contributed by atoms with E-state index in [0.29, 0.717) is 6.54 Å². The van der Waals surface area contributed by atoms with Crippen LogP contribution in [0.2, 0.25) is 0 Å². The van der Waals surface area contributed by atoms with Gasteiger partial charge in [-0.25, -0.2) is 0 Å². The van der Waals surface area contributed by atoms with Crippen LogP contribution in [0.3, 0.4) is 0 Å². The first-order chi connectivity index (χ1) is 15.4. The predicted molar refractivity (Wildman–Crippen MR) is 128 cm³/mol. The first kappa shape index (κ1) is 23.8. The molecule has 1 fully saturated rings. The lowest BCUT2D eigenvalue weighted by molar-refractivity contribution is -0.134. The Labute approximate surface area is 190 Å². The molecule has 0 radical (unpaired) electrons. The SMILES string of the molecule is CC(C)N(Cc1ccccc1)C(=O)CN(C)CC(=O)Nc1ccc(N2CCOCC2)cc1. The van der Waals surface area contributed by atoms with Crippen molar-refractivity contribution in [2.75, 3.05) is 56.7 Å². The van der Waals surface area contributed by atoms with Crippen LogP contribution in [0.15, 0.2) is 54.6 Å². The van der Waals surface area contributed by atoms with Crippen LogP contribution in [0.1, 0.15) is 19.4 Å². The summed E-state index contributed by atoms with van der Waals surface area (Å²) in [5, 5.41) is 2.92. The maximum atomic E-state index is 12.9. The number of amides is 2. The minimum absolute atomic E-state index is 0.00835. The van der Waals surface area contributed by atoms with Gasteiger partial charge in [-0.05, 0) is 50.7 Å².